The third-order valence-electron chi connectivity index (χ3n) is 4.24. The standard InChI is InChI=1S/C16H24N6/c1-2-22-7-6-19-16(22)14-21-10-8-20(9-11-21)13-15(12-18)4-3-5-17/h6-7,15H,2-4,8-11,13-14H2,1H3/t15-/m0/s1. The van der Waals surface area contributed by atoms with Crippen LogP contribution in [-0.2, 0) is 13.1 Å². The number of aromatic nitrogens is 2. The summed E-state index contributed by atoms with van der Waals surface area (Å²) in [5.74, 6) is 1.10. The molecule has 0 bridgehead atoms. The van der Waals surface area contributed by atoms with E-state index in [0.717, 1.165) is 51.6 Å². The highest BCUT2D eigenvalue weighted by atomic mass is 15.3. The summed E-state index contributed by atoms with van der Waals surface area (Å²) in [4.78, 5) is 9.19. The Bertz CT molecular complexity index is 530. The van der Waals surface area contributed by atoms with Gasteiger partial charge in [-0.15, -0.1) is 0 Å². The summed E-state index contributed by atoms with van der Waals surface area (Å²) in [5, 5.41) is 17.8. The highest BCUT2D eigenvalue weighted by Crippen LogP contribution is 2.12. The van der Waals surface area contributed by atoms with Gasteiger partial charge in [-0.1, -0.05) is 0 Å². The third kappa shape index (κ3) is 4.56. The Morgan fingerprint density at radius 3 is 2.59 bits per heavy atom. The van der Waals surface area contributed by atoms with E-state index >= 15 is 0 Å². The number of nitrogens with zero attached hydrogens (tertiary/aromatic N) is 6. The van der Waals surface area contributed by atoms with Gasteiger partial charge in [-0.05, 0) is 13.3 Å². The lowest BCUT2D eigenvalue weighted by Gasteiger charge is -2.35. The quantitative estimate of drug-likeness (QED) is 0.762. The monoisotopic (exact) mass is 300 g/mol. The number of rotatable bonds is 7. The van der Waals surface area contributed by atoms with Gasteiger partial charge >= 0.3 is 0 Å². The van der Waals surface area contributed by atoms with E-state index in [1.165, 1.54) is 0 Å². The van der Waals surface area contributed by atoms with E-state index in [1.54, 1.807) is 0 Å². The molecule has 6 heteroatoms. The molecule has 1 saturated heterocycles. The van der Waals surface area contributed by atoms with Crippen molar-refractivity contribution < 1.29 is 0 Å². The number of aryl methyl sites for hydroxylation is 1. The molecule has 0 saturated carbocycles. The molecule has 0 unspecified atom stereocenters. The second kappa shape index (κ2) is 8.53. The Kier molecular flexibility index (Phi) is 6.39. The molecule has 0 aromatic carbocycles. The van der Waals surface area contributed by atoms with E-state index in [1.807, 2.05) is 12.4 Å². The summed E-state index contributed by atoms with van der Waals surface area (Å²) >= 11 is 0. The van der Waals surface area contributed by atoms with Crippen molar-refractivity contribution in [1.29, 1.82) is 10.5 Å². The lowest BCUT2D eigenvalue weighted by atomic mass is 10.0. The average molecular weight is 300 g/mol. The molecular weight excluding hydrogens is 276 g/mol. The molecular formula is C16H24N6. The van der Waals surface area contributed by atoms with Crippen LogP contribution in [0.15, 0.2) is 12.4 Å². The van der Waals surface area contributed by atoms with Crippen LogP contribution < -0.4 is 0 Å². The molecule has 0 radical (unpaired) electrons. The molecule has 22 heavy (non-hydrogen) atoms. The Balaban J connectivity index is 1.76. The van der Waals surface area contributed by atoms with Gasteiger partial charge in [0.1, 0.15) is 5.82 Å². The Morgan fingerprint density at radius 1 is 1.23 bits per heavy atom. The second-order valence-electron chi connectivity index (χ2n) is 5.73. The van der Waals surface area contributed by atoms with Gasteiger partial charge in [0.25, 0.3) is 0 Å². The van der Waals surface area contributed by atoms with Gasteiger partial charge in [0, 0.05) is 58.1 Å². The molecule has 0 aliphatic carbocycles. The normalized spacial score (nSPS) is 17.8. The minimum atomic E-state index is -0.0230. The van der Waals surface area contributed by atoms with Gasteiger partial charge < -0.3 is 4.57 Å². The van der Waals surface area contributed by atoms with Gasteiger partial charge in [0.2, 0.25) is 0 Å². The average Bonchev–Trinajstić information content (AvgIpc) is 3.00. The fraction of sp³-hybridized carbons (Fsp3) is 0.688. The van der Waals surface area contributed by atoms with E-state index in [-0.39, 0.29) is 5.92 Å². The van der Waals surface area contributed by atoms with Crippen molar-refractivity contribution in [3.8, 4) is 12.1 Å². The number of hydrogen-bond acceptors (Lipinski definition) is 5. The first-order valence-corrected chi connectivity index (χ1v) is 7.98. The molecule has 0 spiro atoms. The Labute approximate surface area is 132 Å². The first kappa shape index (κ1) is 16.5. The topological polar surface area (TPSA) is 71.9 Å². The second-order valence-corrected chi connectivity index (χ2v) is 5.73. The third-order valence-corrected chi connectivity index (χ3v) is 4.24. The smallest absolute Gasteiger partial charge is 0.122 e. The zero-order valence-corrected chi connectivity index (χ0v) is 13.3. The highest BCUT2D eigenvalue weighted by molar-refractivity contribution is 4.93. The zero-order chi connectivity index (χ0) is 15.8. The van der Waals surface area contributed by atoms with Gasteiger partial charge in [0.15, 0.2) is 0 Å². The predicted molar refractivity (Wildman–Crippen MR) is 83.6 cm³/mol. The van der Waals surface area contributed by atoms with Crippen LogP contribution in [0.25, 0.3) is 0 Å². The summed E-state index contributed by atoms with van der Waals surface area (Å²) in [7, 11) is 0. The van der Waals surface area contributed by atoms with Crippen LogP contribution in [0.4, 0.5) is 0 Å². The van der Waals surface area contributed by atoms with Gasteiger partial charge in [-0.25, -0.2) is 4.98 Å². The summed E-state index contributed by atoms with van der Waals surface area (Å²) in [6.07, 6.45) is 5.04. The van der Waals surface area contributed by atoms with Gasteiger partial charge in [0.05, 0.1) is 24.6 Å². The van der Waals surface area contributed by atoms with Crippen LogP contribution in [0.2, 0.25) is 0 Å². The van der Waals surface area contributed by atoms with Crippen LogP contribution in [0.1, 0.15) is 25.6 Å². The predicted octanol–water partition coefficient (Wildman–Crippen LogP) is 1.46. The van der Waals surface area contributed by atoms with Crippen molar-refractivity contribution in [2.24, 2.45) is 5.92 Å². The molecule has 0 amide bonds. The van der Waals surface area contributed by atoms with Crippen molar-refractivity contribution in [3.05, 3.63) is 18.2 Å². The van der Waals surface area contributed by atoms with Crippen molar-refractivity contribution in [1.82, 2.24) is 19.4 Å². The van der Waals surface area contributed by atoms with E-state index in [4.69, 9.17) is 10.5 Å². The maximum Gasteiger partial charge on any atom is 0.122 e. The van der Waals surface area contributed by atoms with Crippen LogP contribution in [0, 0.1) is 28.6 Å². The molecule has 1 aliphatic rings. The molecule has 2 rings (SSSR count). The number of piperazine rings is 1. The molecule has 6 nitrogen and oxygen atoms in total. The fourth-order valence-electron chi connectivity index (χ4n) is 2.86. The summed E-state index contributed by atoms with van der Waals surface area (Å²) in [5.41, 5.74) is 0. The highest BCUT2D eigenvalue weighted by Gasteiger charge is 2.20. The van der Waals surface area contributed by atoms with Gasteiger partial charge in [-0.2, -0.15) is 10.5 Å². The molecule has 2 heterocycles. The summed E-state index contributed by atoms with van der Waals surface area (Å²) in [6.45, 7) is 8.75. The van der Waals surface area contributed by atoms with Crippen molar-refractivity contribution in [2.75, 3.05) is 32.7 Å². The molecule has 1 aromatic rings. The maximum absolute atomic E-state index is 9.16. The van der Waals surface area contributed by atoms with Crippen LogP contribution in [-0.4, -0.2) is 52.1 Å². The number of imidazole rings is 1. The van der Waals surface area contributed by atoms with Crippen molar-refractivity contribution in [3.63, 3.8) is 0 Å². The van der Waals surface area contributed by atoms with Crippen LogP contribution >= 0.6 is 0 Å². The molecule has 1 aromatic heterocycles. The summed E-state index contributed by atoms with van der Waals surface area (Å²) < 4.78 is 2.18. The van der Waals surface area contributed by atoms with Crippen molar-refractivity contribution in [2.45, 2.75) is 32.9 Å². The zero-order valence-electron chi connectivity index (χ0n) is 13.3. The molecule has 0 N–H and O–H groups in total. The van der Waals surface area contributed by atoms with E-state index < -0.39 is 0 Å². The van der Waals surface area contributed by atoms with Crippen LogP contribution in [0.5, 0.6) is 0 Å². The first-order chi connectivity index (χ1) is 10.8. The SMILES string of the molecule is CCn1ccnc1CN1CCN(C[C@H](C#N)CCC#N)CC1. The van der Waals surface area contributed by atoms with E-state index in [2.05, 4.69) is 38.4 Å². The molecule has 1 atom stereocenters. The summed E-state index contributed by atoms with van der Waals surface area (Å²) in [6, 6.07) is 4.45. The Hall–Kier alpha value is -1.89. The minimum Gasteiger partial charge on any atom is -0.334 e. The molecule has 118 valence electrons. The number of hydrogen-bond donors (Lipinski definition) is 0. The lowest BCUT2D eigenvalue weighted by molar-refractivity contribution is 0.115. The van der Waals surface area contributed by atoms with E-state index in [9.17, 15) is 0 Å². The Morgan fingerprint density at radius 2 is 1.95 bits per heavy atom. The molecule has 1 fully saturated rings. The maximum atomic E-state index is 9.16. The van der Waals surface area contributed by atoms with Crippen LogP contribution in [0.3, 0.4) is 0 Å². The van der Waals surface area contributed by atoms with E-state index in [0.29, 0.717) is 12.8 Å². The minimum absolute atomic E-state index is 0.0230. The van der Waals surface area contributed by atoms with Gasteiger partial charge in [-0.3, -0.25) is 9.80 Å². The first-order valence-electron chi connectivity index (χ1n) is 7.98. The fourth-order valence-corrected chi connectivity index (χ4v) is 2.86. The largest absolute Gasteiger partial charge is 0.334 e. The lowest BCUT2D eigenvalue weighted by Crippen LogP contribution is -2.47. The number of nitriles is 2. The van der Waals surface area contributed by atoms with Crippen molar-refractivity contribution >= 4 is 0 Å². The molecule has 1 aliphatic heterocycles.